The van der Waals surface area contributed by atoms with Gasteiger partial charge in [0.25, 0.3) is 0 Å². The smallest absolute Gasteiger partial charge is 0.135 e. The minimum absolute atomic E-state index is 0.103. The lowest BCUT2D eigenvalue weighted by molar-refractivity contribution is 0.350. The van der Waals surface area contributed by atoms with Crippen LogP contribution < -0.4 is 11.1 Å². The van der Waals surface area contributed by atoms with Crippen molar-refractivity contribution in [2.45, 2.75) is 39.2 Å². The van der Waals surface area contributed by atoms with Gasteiger partial charge in [-0.25, -0.2) is 4.39 Å². The van der Waals surface area contributed by atoms with Crippen molar-refractivity contribution in [2.24, 2.45) is 11.1 Å². The maximum absolute atomic E-state index is 13.8. The van der Waals surface area contributed by atoms with Crippen molar-refractivity contribution in [1.29, 1.82) is 0 Å². The fourth-order valence-corrected chi connectivity index (χ4v) is 2.88. The number of rotatable bonds is 3. The Kier molecular flexibility index (Phi) is 3.57. The van der Waals surface area contributed by atoms with Gasteiger partial charge >= 0.3 is 0 Å². The van der Waals surface area contributed by atoms with Crippen LogP contribution in [-0.2, 0) is 0 Å². The van der Waals surface area contributed by atoms with Crippen LogP contribution in [0, 0.1) is 11.2 Å². The molecule has 2 nitrogen and oxygen atoms in total. The van der Waals surface area contributed by atoms with Crippen LogP contribution in [0.3, 0.4) is 0 Å². The van der Waals surface area contributed by atoms with Crippen LogP contribution in [0.1, 0.15) is 38.7 Å². The number of nitrogens with one attached hydrogen (secondary N) is 1. The highest BCUT2D eigenvalue weighted by Crippen LogP contribution is 2.39. The normalized spacial score (nSPS) is 21.8. The van der Waals surface area contributed by atoms with E-state index in [-0.39, 0.29) is 16.2 Å². The van der Waals surface area contributed by atoms with Crippen molar-refractivity contribution in [3.63, 3.8) is 0 Å². The summed E-state index contributed by atoms with van der Waals surface area (Å²) >= 11 is 4.93. The summed E-state index contributed by atoms with van der Waals surface area (Å²) in [4.78, 5) is 0.103. The molecule has 0 heterocycles. The Labute approximate surface area is 113 Å². The summed E-state index contributed by atoms with van der Waals surface area (Å²) < 4.78 is 13.8. The molecule has 1 aliphatic carbocycles. The average Bonchev–Trinajstić information content (AvgIpc) is 2.58. The zero-order valence-corrected chi connectivity index (χ0v) is 11.6. The summed E-state index contributed by atoms with van der Waals surface area (Å²) in [6.07, 6.45) is 3.48. The summed E-state index contributed by atoms with van der Waals surface area (Å²) in [5.74, 6) is -0.358. The van der Waals surface area contributed by atoms with E-state index in [0.29, 0.717) is 17.3 Å². The van der Waals surface area contributed by atoms with Gasteiger partial charge in [-0.3, -0.25) is 0 Å². The average molecular weight is 266 g/mol. The minimum atomic E-state index is -0.358. The van der Waals surface area contributed by atoms with E-state index in [0.717, 1.165) is 6.42 Å². The Hall–Kier alpha value is -1.16. The van der Waals surface area contributed by atoms with Gasteiger partial charge in [0.05, 0.1) is 5.56 Å². The Morgan fingerprint density at radius 2 is 2.22 bits per heavy atom. The number of hydrogen-bond acceptors (Lipinski definition) is 2. The first kappa shape index (κ1) is 13.3. The van der Waals surface area contributed by atoms with Crippen molar-refractivity contribution in [3.8, 4) is 0 Å². The van der Waals surface area contributed by atoms with Gasteiger partial charge < -0.3 is 11.1 Å². The molecule has 1 aromatic carbocycles. The zero-order chi connectivity index (χ0) is 13.3. The zero-order valence-electron chi connectivity index (χ0n) is 10.8. The third-order valence-electron chi connectivity index (χ3n) is 3.85. The standard InChI is InChI=1S/C14H19FN2S/c1-14(2)8-4-7-11(14)17-10-6-3-5-9(15)12(10)13(16)18/h3,5-6,11,17H,4,7-8H2,1-2H3,(H2,16,18). The lowest BCUT2D eigenvalue weighted by Crippen LogP contribution is -2.32. The Balaban J connectivity index is 2.29. The van der Waals surface area contributed by atoms with Gasteiger partial charge in [-0.2, -0.15) is 0 Å². The number of thiocarbonyl (C=S) groups is 1. The highest BCUT2D eigenvalue weighted by Gasteiger charge is 2.34. The molecular formula is C14H19FN2S. The Bertz CT molecular complexity index is 471. The van der Waals surface area contributed by atoms with Crippen molar-refractivity contribution in [3.05, 3.63) is 29.6 Å². The number of hydrogen-bond donors (Lipinski definition) is 2. The molecule has 1 atom stereocenters. The molecule has 1 aliphatic rings. The van der Waals surface area contributed by atoms with Gasteiger partial charge in [-0.15, -0.1) is 0 Å². The molecule has 0 bridgehead atoms. The second-order valence-electron chi connectivity index (χ2n) is 5.60. The molecule has 0 aromatic heterocycles. The topological polar surface area (TPSA) is 38.0 Å². The molecule has 2 rings (SSSR count). The van der Waals surface area contributed by atoms with Gasteiger partial charge in [0.1, 0.15) is 10.8 Å². The number of anilines is 1. The predicted molar refractivity (Wildman–Crippen MR) is 77.3 cm³/mol. The lowest BCUT2D eigenvalue weighted by atomic mass is 9.87. The SMILES string of the molecule is CC1(C)CCCC1Nc1cccc(F)c1C(N)=S. The molecule has 4 heteroatoms. The summed E-state index contributed by atoms with van der Waals surface area (Å²) in [7, 11) is 0. The molecule has 0 radical (unpaired) electrons. The first-order valence-corrected chi connectivity index (χ1v) is 6.67. The molecule has 3 N–H and O–H groups in total. The highest BCUT2D eigenvalue weighted by atomic mass is 32.1. The molecule has 0 amide bonds. The fourth-order valence-electron chi connectivity index (χ4n) is 2.68. The first-order chi connectivity index (χ1) is 8.42. The summed E-state index contributed by atoms with van der Waals surface area (Å²) in [6, 6.07) is 5.25. The maximum atomic E-state index is 13.8. The largest absolute Gasteiger partial charge is 0.389 e. The van der Waals surface area contributed by atoms with Crippen LogP contribution in [0.2, 0.25) is 0 Å². The second kappa shape index (κ2) is 4.84. The fraction of sp³-hybridized carbons (Fsp3) is 0.500. The minimum Gasteiger partial charge on any atom is -0.389 e. The van der Waals surface area contributed by atoms with Crippen LogP contribution in [0.25, 0.3) is 0 Å². The van der Waals surface area contributed by atoms with Gasteiger partial charge in [0.2, 0.25) is 0 Å². The monoisotopic (exact) mass is 266 g/mol. The van der Waals surface area contributed by atoms with E-state index >= 15 is 0 Å². The molecule has 1 unspecified atom stereocenters. The van der Waals surface area contributed by atoms with Crippen LogP contribution in [0.5, 0.6) is 0 Å². The summed E-state index contributed by atoms with van der Waals surface area (Å²) in [5.41, 5.74) is 6.87. The van der Waals surface area contributed by atoms with Crippen LogP contribution in [0.4, 0.5) is 10.1 Å². The van der Waals surface area contributed by atoms with Crippen LogP contribution in [0.15, 0.2) is 18.2 Å². The van der Waals surface area contributed by atoms with Crippen molar-refractivity contribution < 1.29 is 4.39 Å². The van der Waals surface area contributed by atoms with E-state index < -0.39 is 0 Å². The van der Waals surface area contributed by atoms with Crippen molar-refractivity contribution >= 4 is 22.9 Å². The molecule has 18 heavy (non-hydrogen) atoms. The van der Waals surface area contributed by atoms with E-state index in [4.69, 9.17) is 18.0 Å². The summed E-state index contributed by atoms with van der Waals surface area (Å²) in [5, 5.41) is 3.41. The van der Waals surface area contributed by atoms with E-state index in [1.54, 1.807) is 6.07 Å². The Morgan fingerprint density at radius 1 is 1.50 bits per heavy atom. The van der Waals surface area contributed by atoms with E-state index in [2.05, 4.69) is 19.2 Å². The van der Waals surface area contributed by atoms with Crippen LogP contribution >= 0.6 is 12.2 Å². The van der Waals surface area contributed by atoms with Gasteiger partial charge in [-0.1, -0.05) is 38.6 Å². The lowest BCUT2D eigenvalue weighted by Gasteiger charge is -2.29. The molecule has 1 saturated carbocycles. The number of nitrogens with two attached hydrogens (primary N) is 1. The number of benzene rings is 1. The Morgan fingerprint density at radius 3 is 2.78 bits per heavy atom. The molecular weight excluding hydrogens is 247 g/mol. The van der Waals surface area contributed by atoms with Gasteiger partial charge in [0.15, 0.2) is 0 Å². The van der Waals surface area contributed by atoms with Crippen LogP contribution in [-0.4, -0.2) is 11.0 Å². The third-order valence-corrected chi connectivity index (χ3v) is 4.05. The van der Waals surface area contributed by atoms with Crippen molar-refractivity contribution in [2.75, 3.05) is 5.32 Å². The van der Waals surface area contributed by atoms with Crippen molar-refractivity contribution in [1.82, 2.24) is 0 Å². The molecule has 1 fully saturated rings. The third kappa shape index (κ3) is 2.48. The van der Waals surface area contributed by atoms with Gasteiger partial charge in [-0.05, 0) is 30.4 Å². The quantitative estimate of drug-likeness (QED) is 0.823. The van der Waals surface area contributed by atoms with E-state index in [9.17, 15) is 4.39 Å². The van der Waals surface area contributed by atoms with E-state index in [1.807, 2.05) is 6.07 Å². The molecule has 0 aliphatic heterocycles. The summed E-state index contributed by atoms with van der Waals surface area (Å²) in [6.45, 7) is 4.47. The highest BCUT2D eigenvalue weighted by molar-refractivity contribution is 7.80. The molecule has 0 spiro atoms. The molecule has 1 aromatic rings. The number of halogens is 1. The predicted octanol–water partition coefficient (Wildman–Crippen LogP) is 3.45. The van der Waals surface area contributed by atoms with E-state index in [1.165, 1.54) is 18.9 Å². The molecule has 98 valence electrons. The maximum Gasteiger partial charge on any atom is 0.135 e. The van der Waals surface area contributed by atoms with Gasteiger partial charge in [0, 0.05) is 11.7 Å². The molecule has 0 saturated heterocycles. The first-order valence-electron chi connectivity index (χ1n) is 6.26. The second-order valence-corrected chi connectivity index (χ2v) is 6.04.